The van der Waals surface area contributed by atoms with Gasteiger partial charge >= 0.3 is 0 Å². The van der Waals surface area contributed by atoms with E-state index in [1.54, 1.807) is 6.20 Å². The minimum absolute atomic E-state index is 0.125. The van der Waals surface area contributed by atoms with E-state index in [0.29, 0.717) is 23.5 Å². The average molecular weight is 359 g/mol. The van der Waals surface area contributed by atoms with Crippen LogP contribution in [-0.4, -0.2) is 44.0 Å². The molecule has 1 spiro atoms. The van der Waals surface area contributed by atoms with Crippen molar-refractivity contribution in [3.05, 3.63) is 16.6 Å². The van der Waals surface area contributed by atoms with Crippen LogP contribution < -0.4 is 10.5 Å². The summed E-state index contributed by atoms with van der Waals surface area (Å²) in [7, 11) is 0. The van der Waals surface area contributed by atoms with E-state index in [0.717, 1.165) is 19.4 Å². The standard InChI is InChI=1S/C19H29N5O2/c1-17(2,3)24-14-13(10-20-24)15(25)22-16(21-14)23-11-18(4,5)26-19(12-23)8-6-7-9-19/h10H,6-9,11-12H2,1-5H3,(H,21,22,25). The molecular formula is C19H29N5O2. The third-order valence-corrected chi connectivity index (χ3v) is 5.42. The number of aromatic nitrogens is 4. The second-order valence-electron chi connectivity index (χ2n) is 9.46. The Kier molecular flexibility index (Phi) is 3.74. The smallest absolute Gasteiger partial charge is 0.263 e. The van der Waals surface area contributed by atoms with E-state index in [1.165, 1.54) is 12.8 Å². The highest BCUT2D eigenvalue weighted by molar-refractivity contribution is 5.74. The molecule has 3 heterocycles. The lowest BCUT2D eigenvalue weighted by atomic mass is 9.94. The van der Waals surface area contributed by atoms with E-state index in [-0.39, 0.29) is 22.3 Å². The molecule has 7 nitrogen and oxygen atoms in total. The third kappa shape index (κ3) is 2.92. The van der Waals surface area contributed by atoms with Gasteiger partial charge in [0.2, 0.25) is 5.95 Å². The summed E-state index contributed by atoms with van der Waals surface area (Å²) in [5.74, 6) is 0.621. The van der Waals surface area contributed by atoms with E-state index >= 15 is 0 Å². The first-order chi connectivity index (χ1) is 12.1. The first-order valence-electron chi connectivity index (χ1n) is 9.52. The molecule has 2 fully saturated rings. The van der Waals surface area contributed by atoms with Gasteiger partial charge in [0, 0.05) is 13.1 Å². The molecule has 1 aliphatic carbocycles. The number of anilines is 1. The molecule has 0 radical (unpaired) electrons. The normalized spacial score (nSPS) is 22.4. The van der Waals surface area contributed by atoms with Gasteiger partial charge in [0.05, 0.1) is 22.9 Å². The Morgan fingerprint density at radius 2 is 1.88 bits per heavy atom. The van der Waals surface area contributed by atoms with Crippen LogP contribution in [-0.2, 0) is 10.3 Å². The molecule has 2 aromatic heterocycles. The van der Waals surface area contributed by atoms with Crippen LogP contribution in [0.25, 0.3) is 11.0 Å². The molecule has 0 bridgehead atoms. The third-order valence-electron chi connectivity index (χ3n) is 5.42. The molecule has 2 aliphatic rings. The van der Waals surface area contributed by atoms with Gasteiger partial charge in [0.1, 0.15) is 5.39 Å². The van der Waals surface area contributed by atoms with E-state index in [9.17, 15) is 4.79 Å². The maximum absolute atomic E-state index is 12.6. The van der Waals surface area contributed by atoms with E-state index in [2.05, 4.69) is 49.6 Å². The highest BCUT2D eigenvalue weighted by Crippen LogP contribution is 2.41. The van der Waals surface area contributed by atoms with Crippen LogP contribution in [0.3, 0.4) is 0 Å². The number of ether oxygens (including phenoxy) is 1. The summed E-state index contributed by atoms with van der Waals surface area (Å²) in [4.78, 5) is 22.6. The Balaban J connectivity index is 1.79. The molecule has 4 rings (SSSR count). The fourth-order valence-electron chi connectivity index (χ4n) is 4.49. The topological polar surface area (TPSA) is 76.0 Å². The van der Waals surface area contributed by atoms with Gasteiger partial charge in [0.25, 0.3) is 5.56 Å². The lowest BCUT2D eigenvalue weighted by Gasteiger charge is -2.48. The van der Waals surface area contributed by atoms with Gasteiger partial charge in [-0.1, -0.05) is 12.8 Å². The van der Waals surface area contributed by atoms with Gasteiger partial charge in [-0.2, -0.15) is 10.1 Å². The molecule has 2 aromatic rings. The number of hydrogen-bond acceptors (Lipinski definition) is 5. The zero-order valence-corrected chi connectivity index (χ0v) is 16.4. The van der Waals surface area contributed by atoms with Crippen LogP contribution in [0, 0.1) is 0 Å². The maximum Gasteiger partial charge on any atom is 0.263 e. The second-order valence-corrected chi connectivity index (χ2v) is 9.46. The predicted octanol–water partition coefficient (Wildman–Crippen LogP) is 2.80. The average Bonchev–Trinajstić information content (AvgIpc) is 3.12. The van der Waals surface area contributed by atoms with Crippen LogP contribution >= 0.6 is 0 Å². The quantitative estimate of drug-likeness (QED) is 0.847. The summed E-state index contributed by atoms with van der Waals surface area (Å²) < 4.78 is 8.31. The fraction of sp³-hybridized carbons (Fsp3) is 0.737. The summed E-state index contributed by atoms with van der Waals surface area (Å²) in [6.07, 6.45) is 6.14. The number of nitrogens with zero attached hydrogens (tertiary/aromatic N) is 4. The zero-order valence-electron chi connectivity index (χ0n) is 16.4. The Morgan fingerprint density at radius 3 is 2.54 bits per heavy atom. The van der Waals surface area contributed by atoms with Crippen LogP contribution in [0.2, 0.25) is 0 Å². The molecule has 0 aromatic carbocycles. The molecule has 0 amide bonds. The number of fused-ring (bicyclic) bond motifs is 1. The molecule has 1 aliphatic heterocycles. The van der Waals surface area contributed by atoms with Gasteiger partial charge in [-0.25, -0.2) is 4.68 Å². The minimum Gasteiger partial charge on any atom is -0.365 e. The highest BCUT2D eigenvalue weighted by Gasteiger charge is 2.46. The number of hydrogen-bond donors (Lipinski definition) is 1. The van der Waals surface area contributed by atoms with Crippen LogP contribution in [0.1, 0.15) is 60.3 Å². The molecule has 142 valence electrons. The molecule has 26 heavy (non-hydrogen) atoms. The molecule has 7 heteroatoms. The van der Waals surface area contributed by atoms with Crippen LogP contribution in [0.15, 0.2) is 11.0 Å². The van der Waals surface area contributed by atoms with Crippen molar-refractivity contribution in [2.75, 3.05) is 18.0 Å². The second kappa shape index (κ2) is 5.55. The lowest BCUT2D eigenvalue weighted by Crippen LogP contribution is -2.59. The number of morpholine rings is 1. The first-order valence-corrected chi connectivity index (χ1v) is 9.52. The summed E-state index contributed by atoms with van der Waals surface area (Å²) in [6, 6.07) is 0. The molecule has 1 saturated heterocycles. The van der Waals surface area contributed by atoms with Crippen LogP contribution in [0.5, 0.6) is 0 Å². The van der Waals surface area contributed by atoms with Crippen molar-refractivity contribution in [3.63, 3.8) is 0 Å². The van der Waals surface area contributed by atoms with Gasteiger partial charge < -0.3 is 9.64 Å². The number of H-pyrrole nitrogens is 1. The summed E-state index contributed by atoms with van der Waals surface area (Å²) >= 11 is 0. The summed E-state index contributed by atoms with van der Waals surface area (Å²) in [6.45, 7) is 11.9. The van der Waals surface area contributed by atoms with E-state index < -0.39 is 0 Å². The molecular weight excluding hydrogens is 330 g/mol. The van der Waals surface area contributed by atoms with Crippen molar-refractivity contribution >= 4 is 17.0 Å². The first kappa shape index (κ1) is 17.5. The Morgan fingerprint density at radius 1 is 1.19 bits per heavy atom. The van der Waals surface area contributed by atoms with Crippen molar-refractivity contribution < 1.29 is 4.74 Å². The van der Waals surface area contributed by atoms with Crippen molar-refractivity contribution in [1.82, 2.24) is 19.7 Å². The lowest BCUT2D eigenvalue weighted by molar-refractivity contribution is -0.148. The van der Waals surface area contributed by atoms with Crippen molar-refractivity contribution in [2.24, 2.45) is 0 Å². The Bertz CT molecular complexity index is 883. The zero-order chi connectivity index (χ0) is 18.7. The highest BCUT2D eigenvalue weighted by atomic mass is 16.5. The molecule has 0 unspecified atom stereocenters. The number of aromatic amines is 1. The molecule has 1 N–H and O–H groups in total. The molecule has 1 saturated carbocycles. The molecule has 0 atom stereocenters. The minimum atomic E-state index is -0.277. The summed E-state index contributed by atoms with van der Waals surface area (Å²) in [5.41, 5.74) is -0.136. The van der Waals surface area contributed by atoms with E-state index in [1.807, 2.05) is 4.68 Å². The number of rotatable bonds is 1. The van der Waals surface area contributed by atoms with Gasteiger partial charge in [-0.3, -0.25) is 9.78 Å². The number of nitrogens with one attached hydrogen (secondary N) is 1. The van der Waals surface area contributed by atoms with Crippen molar-refractivity contribution in [1.29, 1.82) is 0 Å². The summed E-state index contributed by atoms with van der Waals surface area (Å²) in [5, 5.41) is 4.94. The predicted molar refractivity (Wildman–Crippen MR) is 102 cm³/mol. The maximum atomic E-state index is 12.6. The van der Waals surface area contributed by atoms with Crippen LogP contribution in [0.4, 0.5) is 5.95 Å². The van der Waals surface area contributed by atoms with E-state index in [4.69, 9.17) is 9.72 Å². The Labute approximate surface area is 153 Å². The monoisotopic (exact) mass is 359 g/mol. The Hall–Kier alpha value is -1.89. The van der Waals surface area contributed by atoms with Gasteiger partial charge in [-0.05, 0) is 47.5 Å². The largest absolute Gasteiger partial charge is 0.365 e. The van der Waals surface area contributed by atoms with Crippen molar-refractivity contribution in [3.8, 4) is 0 Å². The fourth-order valence-corrected chi connectivity index (χ4v) is 4.49. The SMILES string of the molecule is CC1(C)CN(c2nc3c(cnn3C(C)(C)C)c(=O)[nH]2)CC2(CCCC2)O1. The van der Waals surface area contributed by atoms with Crippen molar-refractivity contribution in [2.45, 2.75) is 77.0 Å². The van der Waals surface area contributed by atoms with Gasteiger partial charge in [0.15, 0.2) is 5.65 Å². The van der Waals surface area contributed by atoms with Gasteiger partial charge in [-0.15, -0.1) is 0 Å².